The topological polar surface area (TPSA) is 40.6 Å². The number of amides is 2. The predicted molar refractivity (Wildman–Crippen MR) is 126 cm³/mol. The zero-order valence-corrected chi connectivity index (χ0v) is 18.7. The van der Waals surface area contributed by atoms with Gasteiger partial charge in [0.15, 0.2) is 0 Å². The maximum Gasteiger partial charge on any atom is 0.269 e. The summed E-state index contributed by atoms with van der Waals surface area (Å²) in [4.78, 5) is 29.3. The lowest BCUT2D eigenvalue weighted by Crippen LogP contribution is -2.49. The molecule has 2 aliphatic heterocycles. The highest BCUT2D eigenvalue weighted by Crippen LogP contribution is 2.55. The van der Waals surface area contributed by atoms with E-state index in [1.165, 1.54) is 29.5 Å². The number of nitrogens with zero attached hydrogens (tertiary/aromatic N) is 2. The highest BCUT2D eigenvalue weighted by Gasteiger charge is 2.60. The van der Waals surface area contributed by atoms with Crippen LogP contribution >= 0.6 is 11.8 Å². The van der Waals surface area contributed by atoms with E-state index in [1.54, 1.807) is 21.9 Å². The van der Waals surface area contributed by atoms with Crippen LogP contribution in [0.2, 0.25) is 0 Å². The molecule has 1 saturated heterocycles. The van der Waals surface area contributed by atoms with Crippen molar-refractivity contribution in [2.75, 3.05) is 15.6 Å². The Bertz CT molecular complexity index is 1190. The summed E-state index contributed by atoms with van der Waals surface area (Å²) in [5.74, 6) is 0.0649. The number of para-hydroxylation sites is 1. The number of hydrogen-bond donors (Lipinski definition) is 0. The molecule has 5 rings (SSSR count). The summed E-state index contributed by atoms with van der Waals surface area (Å²) < 4.78 is 13.4. The lowest BCUT2D eigenvalue weighted by Gasteiger charge is -2.33. The standard InChI is InChI=1S/C26H23FN2O2S/c1-17(2)19-9-13-21(14-10-19)29-24(30)16-32-26(29)22-5-3-4-6-23(22)28(25(26)31)15-18-7-11-20(27)12-8-18/h3-14,17H,15-16H2,1-2H3/t26-/m1/s1. The number of carbonyl (C=O) groups is 2. The third kappa shape index (κ3) is 3.13. The Labute approximate surface area is 191 Å². The van der Waals surface area contributed by atoms with Crippen LogP contribution in [0.4, 0.5) is 15.8 Å². The summed E-state index contributed by atoms with van der Waals surface area (Å²) in [6.07, 6.45) is 0. The molecule has 6 heteroatoms. The molecule has 2 aliphatic rings. The van der Waals surface area contributed by atoms with E-state index in [0.29, 0.717) is 12.5 Å². The van der Waals surface area contributed by atoms with Crippen molar-refractivity contribution >= 4 is 35.0 Å². The van der Waals surface area contributed by atoms with Gasteiger partial charge in [0.2, 0.25) is 10.8 Å². The van der Waals surface area contributed by atoms with Crippen molar-refractivity contribution in [1.29, 1.82) is 0 Å². The number of thioether (sulfide) groups is 1. The minimum Gasteiger partial charge on any atom is -0.304 e. The fourth-order valence-electron chi connectivity index (χ4n) is 4.49. The van der Waals surface area contributed by atoms with Gasteiger partial charge in [0.25, 0.3) is 5.91 Å². The second kappa shape index (κ2) is 7.78. The summed E-state index contributed by atoms with van der Waals surface area (Å²) in [6, 6.07) is 21.7. The number of anilines is 2. The molecule has 1 spiro atoms. The molecule has 4 nitrogen and oxygen atoms in total. The normalized spacial score (nSPS) is 20.0. The van der Waals surface area contributed by atoms with Crippen molar-refractivity contribution < 1.29 is 14.0 Å². The van der Waals surface area contributed by atoms with Gasteiger partial charge in [-0.05, 0) is 47.4 Å². The van der Waals surface area contributed by atoms with Crippen LogP contribution in [0.15, 0.2) is 72.8 Å². The quantitative estimate of drug-likeness (QED) is 0.537. The molecule has 3 aromatic carbocycles. The molecule has 162 valence electrons. The molecule has 2 amide bonds. The molecule has 1 fully saturated rings. The van der Waals surface area contributed by atoms with E-state index in [9.17, 15) is 14.0 Å². The molecule has 0 saturated carbocycles. The van der Waals surface area contributed by atoms with Crippen molar-refractivity contribution in [3.05, 3.63) is 95.3 Å². The molecule has 0 bridgehead atoms. The third-order valence-electron chi connectivity index (χ3n) is 6.14. The maximum atomic E-state index is 14.0. The van der Waals surface area contributed by atoms with Crippen LogP contribution in [-0.4, -0.2) is 17.6 Å². The Hall–Kier alpha value is -3.12. The van der Waals surface area contributed by atoms with Crippen LogP contribution in [0.5, 0.6) is 0 Å². The first-order valence-electron chi connectivity index (χ1n) is 10.6. The van der Waals surface area contributed by atoms with Gasteiger partial charge in [-0.3, -0.25) is 14.5 Å². The van der Waals surface area contributed by atoms with Gasteiger partial charge < -0.3 is 4.90 Å². The van der Waals surface area contributed by atoms with E-state index in [0.717, 1.165) is 22.5 Å². The minimum atomic E-state index is -1.13. The van der Waals surface area contributed by atoms with Gasteiger partial charge in [-0.1, -0.05) is 56.3 Å². The van der Waals surface area contributed by atoms with Gasteiger partial charge in [-0.25, -0.2) is 4.39 Å². The van der Waals surface area contributed by atoms with E-state index in [1.807, 2.05) is 48.5 Å². The highest BCUT2D eigenvalue weighted by atomic mass is 32.2. The number of fused-ring (bicyclic) bond motifs is 2. The summed E-state index contributed by atoms with van der Waals surface area (Å²) >= 11 is 1.37. The largest absolute Gasteiger partial charge is 0.304 e. The van der Waals surface area contributed by atoms with Crippen LogP contribution in [0, 0.1) is 5.82 Å². The average molecular weight is 447 g/mol. The summed E-state index contributed by atoms with van der Waals surface area (Å²) in [5.41, 5.74) is 4.33. The first kappa shape index (κ1) is 20.8. The van der Waals surface area contributed by atoms with E-state index >= 15 is 0 Å². The SMILES string of the molecule is CC(C)c1ccc(N2C(=O)CS[C@]23C(=O)N(Cc2ccc(F)cc2)c2ccccc23)cc1. The van der Waals surface area contributed by atoms with Gasteiger partial charge in [-0.15, -0.1) is 11.8 Å². The number of benzene rings is 3. The molecule has 0 aromatic heterocycles. The molecule has 0 radical (unpaired) electrons. The Morgan fingerprint density at radius 2 is 1.66 bits per heavy atom. The fraction of sp³-hybridized carbons (Fsp3) is 0.231. The van der Waals surface area contributed by atoms with Gasteiger partial charge in [0.05, 0.1) is 18.0 Å². The zero-order chi connectivity index (χ0) is 22.5. The van der Waals surface area contributed by atoms with Gasteiger partial charge in [-0.2, -0.15) is 0 Å². The third-order valence-corrected chi connectivity index (χ3v) is 7.52. The smallest absolute Gasteiger partial charge is 0.269 e. The molecule has 0 N–H and O–H groups in total. The Balaban J connectivity index is 1.60. The highest BCUT2D eigenvalue weighted by molar-refractivity contribution is 8.02. The second-order valence-electron chi connectivity index (χ2n) is 8.44. The number of hydrogen-bond acceptors (Lipinski definition) is 3. The summed E-state index contributed by atoms with van der Waals surface area (Å²) in [7, 11) is 0. The monoisotopic (exact) mass is 446 g/mol. The minimum absolute atomic E-state index is 0.0842. The van der Waals surface area contributed by atoms with E-state index in [-0.39, 0.29) is 23.4 Å². The van der Waals surface area contributed by atoms with Crippen LogP contribution in [0.3, 0.4) is 0 Å². The van der Waals surface area contributed by atoms with Crippen LogP contribution in [0.1, 0.15) is 36.5 Å². The maximum absolute atomic E-state index is 14.0. The molecule has 0 aliphatic carbocycles. The van der Waals surface area contributed by atoms with Crippen molar-refractivity contribution in [2.24, 2.45) is 0 Å². The van der Waals surface area contributed by atoms with Crippen LogP contribution in [0.25, 0.3) is 0 Å². The Morgan fingerprint density at radius 3 is 2.34 bits per heavy atom. The Morgan fingerprint density at radius 1 is 0.969 bits per heavy atom. The van der Waals surface area contributed by atoms with Crippen molar-refractivity contribution in [2.45, 2.75) is 31.2 Å². The molecular weight excluding hydrogens is 423 g/mol. The molecular formula is C26H23FN2O2S. The molecule has 0 unspecified atom stereocenters. The van der Waals surface area contributed by atoms with Crippen molar-refractivity contribution in [1.82, 2.24) is 0 Å². The molecule has 1 atom stereocenters. The lowest BCUT2D eigenvalue weighted by molar-refractivity contribution is -0.123. The first-order chi connectivity index (χ1) is 15.4. The van der Waals surface area contributed by atoms with Crippen LogP contribution in [-0.2, 0) is 21.0 Å². The van der Waals surface area contributed by atoms with Crippen molar-refractivity contribution in [3.8, 4) is 0 Å². The lowest BCUT2D eigenvalue weighted by atomic mass is 10.0. The van der Waals surface area contributed by atoms with Gasteiger partial charge in [0, 0.05) is 11.3 Å². The summed E-state index contributed by atoms with van der Waals surface area (Å²) in [6.45, 7) is 4.56. The predicted octanol–water partition coefficient (Wildman–Crippen LogP) is 5.43. The van der Waals surface area contributed by atoms with E-state index in [2.05, 4.69) is 13.8 Å². The van der Waals surface area contributed by atoms with Gasteiger partial charge in [0.1, 0.15) is 5.82 Å². The number of carbonyl (C=O) groups excluding carboxylic acids is 2. The van der Waals surface area contributed by atoms with Crippen LogP contribution < -0.4 is 9.80 Å². The summed E-state index contributed by atoms with van der Waals surface area (Å²) in [5, 5.41) is 0. The number of rotatable bonds is 4. The molecule has 32 heavy (non-hydrogen) atoms. The van der Waals surface area contributed by atoms with E-state index in [4.69, 9.17) is 0 Å². The average Bonchev–Trinajstić information content (AvgIpc) is 3.26. The number of halogens is 1. The van der Waals surface area contributed by atoms with E-state index < -0.39 is 4.87 Å². The molecule has 3 aromatic rings. The Kier molecular flexibility index (Phi) is 5.05. The van der Waals surface area contributed by atoms with Crippen molar-refractivity contribution in [3.63, 3.8) is 0 Å². The first-order valence-corrected chi connectivity index (χ1v) is 11.6. The second-order valence-corrected chi connectivity index (χ2v) is 9.61. The van der Waals surface area contributed by atoms with Gasteiger partial charge >= 0.3 is 0 Å². The fourth-order valence-corrected chi connectivity index (χ4v) is 5.85. The molecule has 2 heterocycles. The zero-order valence-electron chi connectivity index (χ0n) is 17.9.